The quantitative estimate of drug-likeness (QED) is 0.688. The van der Waals surface area contributed by atoms with Crippen molar-refractivity contribution in [3.8, 4) is 5.95 Å². The first-order valence-electron chi connectivity index (χ1n) is 6.07. The van der Waals surface area contributed by atoms with E-state index in [2.05, 4.69) is 25.0 Å². The fraction of sp³-hybridized carbons (Fsp3) is 0.400. The van der Waals surface area contributed by atoms with E-state index in [1.807, 2.05) is 0 Å². The van der Waals surface area contributed by atoms with Crippen molar-refractivity contribution in [2.75, 3.05) is 17.2 Å². The van der Waals surface area contributed by atoms with Gasteiger partial charge in [-0.3, -0.25) is 4.79 Å². The first kappa shape index (κ1) is 12.3. The molecule has 1 aliphatic heterocycles. The summed E-state index contributed by atoms with van der Waals surface area (Å²) in [4.78, 5) is 29.3. The minimum Gasteiger partial charge on any atom is -0.368 e. The van der Waals surface area contributed by atoms with Gasteiger partial charge in [0, 0.05) is 6.54 Å². The number of amides is 1. The highest BCUT2D eigenvalue weighted by Crippen LogP contribution is 2.22. The summed E-state index contributed by atoms with van der Waals surface area (Å²) in [5.41, 5.74) is 11.1. The van der Waals surface area contributed by atoms with Crippen molar-refractivity contribution >= 4 is 17.8 Å². The molecule has 10 heteroatoms. The van der Waals surface area contributed by atoms with Crippen LogP contribution in [0.5, 0.6) is 0 Å². The summed E-state index contributed by atoms with van der Waals surface area (Å²) >= 11 is 0. The lowest BCUT2D eigenvalue weighted by molar-refractivity contribution is -0.119. The van der Waals surface area contributed by atoms with Crippen molar-refractivity contribution in [3.05, 3.63) is 12.7 Å². The van der Waals surface area contributed by atoms with Crippen molar-refractivity contribution in [1.82, 2.24) is 29.7 Å². The summed E-state index contributed by atoms with van der Waals surface area (Å²) in [5, 5.41) is 3.94. The van der Waals surface area contributed by atoms with Crippen molar-refractivity contribution in [2.24, 2.45) is 5.73 Å². The Morgan fingerprint density at radius 1 is 1.30 bits per heavy atom. The van der Waals surface area contributed by atoms with E-state index in [4.69, 9.17) is 11.5 Å². The number of nitrogens with zero attached hydrogens (tertiary/aromatic N) is 7. The highest BCUT2D eigenvalue weighted by atomic mass is 16.1. The Labute approximate surface area is 113 Å². The predicted molar refractivity (Wildman–Crippen MR) is 68.7 cm³/mol. The van der Waals surface area contributed by atoms with Crippen LogP contribution in [-0.4, -0.2) is 48.2 Å². The van der Waals surface area contributed by atoms with E-state index >= 15 is 0 Å². The molecule has 0 aromatic carbocycles. The molecule has 4 N–H and O–H groups in total. The summed E-state index contributed by atoms with van der Waals surface area (Å²) in [6.45, 7) is 0.647. The van der Waals surface area contributed by atoms with Crippen LogP contribution in [-0.2, 0) is 4.79 Å². The van der Waals surface area contributed by atoms with Crippen LogP contribution in [0.3, 0.4) is 0 Å². The maximum absolute atomic E-state index is 11.4. The average Bonchev–Trinajstić information content (AvgIpc) is 3.09. The van der Waals surface area contributed by atoms with E-state index in [-0.39, 0.29) is 11.9 Å². The minimum atomic E-state index is -0.416. The number of hydrogen-bond donors (Lipinski definition) is 2. The molecule has 10 nitrogen and oxygen atoms in total. The predicted octanol–water partition coefficient (Wildman–Crippen LogP) is -1.51. The number of nitrogens with two attached hydrogens (primary N) is 2. The Bertz CT molecular complexity index is 626. The van der Waals surface area contributed by atoms with Crippen LogP contribution in [0.1, 0.15) is 12.8 Å². The van der Waals surface area contributed by atoms with Gasteiger partial charge in [-0.2, -0.15) is 24.7 Å². The molecule has 3 rings (SSSR count). The Morgan fingerprint density at radius 3 is 2.80 bits per heavy atom. The van der Waals surface area contributed by atoms with Gasteiger partial charge >= 0.3 is 0 Å². The Hall–Kier alpha value is -2.78. The zero-order valence-electron chi connectivity index (χ0n) is 10.5. The lowest BCUT2D eigenvalue weighted by atomic mass is 10.2. The van der Waals surface area contributed by atoms with E-state index in [0.29, 0.717) is 18.9 Å². The third-order valence-corrected chi connectivity index (χ3v) is 3.09. The molecule has 20 heavy (non-hydrogen) atoms. The van der Waals surface area contributed by atoms with Crippen molar-refractivity contribution in [3.63, 3.8) is 0 Å². The Balaban J connectivity index is 2.00. The molecule has 1 amide bonds. The lowest BCUT2D eigenvalue weighted by Crippen LogP contribution is -2.41. The van der Waals surface area contributed by atoms with Gasteiger partial charge in [-0.15, -0.1) is 0 Å². The van der Waals surface area contributed by atoms with Crippen LogP contribution in [0.25, 0.3) is 5.95 Å². The highest BCUT2D eigenvalue weighted by molar-refractivity contribution is 5.83. The first-order chi connectivity index (χ1) is 9.65. The van der Waals surface area contributed by atoms with Crippen LogP contribution in [0.15, 0.2) is 12.7 Å². The molecule has 2 aromatic rings. The molecule has 104 valence electrons. The Kier molecular flexibility index (Phi) is 2.89. The maximum atomic E-state index is 11.4. The van der Waals surface area contributed by atoms with Gasteiger partial charge in [-0.25, -0.2) is 4.98 Å². The van der Waals surface area contributed by atoms with E-state index in [9.17, 15) is 4.79 Å². The molecule has 1 unspecified atom stereocenters. The van der Waals surface area contributed by atoms with Gasteiger partial charge in [-0.1, -0.05) is 0 Å². The maximum Gasteiger partial charge on any atom is 0.258 e. The fourth-order valence-corrected chi connectivity index (χ4v) is 2.21. The Morgan fingerprint density at radius 2 is 2.10 bits per heavy atom. The molecule has 0 bridgehead atoms. The summed E-state index contributed by atoms with van der Waals surface area (Å²) in [5.74, 6) is 0.226. The molecule has 0 spiro atoms. The van der Waals surface area contributed by atoms with Crippen molar-refractivity contribution in [2.45, 2.75) is 18.9 Å². The second-order valence-corrected chi connectivity index (χ2v) is 4.39. The SMILES string of the molecule is NC(=O)C1CCCN1c1nc(N)nc(-n2cncn2)n1. The number of primary amides is 1. The van der Waals surface area contributed by atoms with E-state index in [0.717, 1.165) is 6.42 Å². The molecule has 0 radical (unpaired) electrons. The van der Waals surface area contributed by atoms with Crippen LogP contribution >= 0.6 is 0 Å². The highest BCUT2D eigenvalue weighted by Gasteiger charge is 2.31. The van der Waals surface area contributed by atoms with Gasteiger partial charge in [0.05, 0.1) is 0 Å². The van der Waals surface area contributed by atoms with Gasteiger partial charge < -0.3 is 16.4 Å². The molecular formula is C10H13N9O. The molecule has 2 aromatic heterocycles. The normalized spacial score (nSPS) is 18.4. The molecule has 1 fully saturated rings. The monoisotopic (exact) mass is 275 g/mol. The topological polar surface area (TPSA) is 142 Å². The molecular weight excluding hydrogens is 262 g/mol. The molecule has 3 heterocycles. The zero-order valence-corrected chi connectivity index (χ0v) is 10.5. The summed E-state index contributed by atoms with van der Waals surface area (Å²) in [6, 6.07) is -0.416. The number of nitrogen functional groups attached to an aromatic ring is 1. The van der Waals surface area contributed by atoms with Crippen LogP contribution in [0.2, 0.25) is 0 Å². The average molecular weight is 275 g/mol. The van der Waals surface area contributed by atoms with E-state index < -0.39 is 11.9 Å². The van der Waals surface area contributed by atoms with Gasteiger partial charge in [0.15, 0.2) is 0 Å². The summed E-state index contributed by atoms with van der Waals surface area (Å²) in [6.07, 6.45) is 4.34. The molecule has 1 saturated heterocycles. The molecule has 0 aliphatic carbocycles. The van der Waals surface area contributed by atoms with Gasteiger partial charge in [-0.05, 0) is 12.8 Å². The van der Waals surface area contributed by atoms with Gasteiger partial charge in [0.1, 0.15) is 18.7 Å². The largest absolute Gasteiger partial charge is 0.368 e. The van der Waals surface area contributed by atoms with Crippen LogP contribution in [0.4, 0.5) is 11.9 Å². The summed E-state index contributed by atoms with van der Waals surface area (Å²) in [7, 11) is 0. The second-order valence-electron chi connectivity index (χ2n) is 4.39. The number of aromatic nitrogens is 6. The number of anilines is 2. The van der Waals surface area contributed by atoms with Gasteiger partial charge in [0.25, 0.3) is 5.95 Å². The molecule has 1 atom stereocenters. The zero-order chi connectivity index (χ0) is 14.1. The second kappa shape index (κ2) is 4.72. The first-order valence-corrected chi connectivity index (χ1v) is 6.07. The fourth-order valence-electron chi connectivity index (χ4n) is 2.21. The number of carbonyl (C=O) groups excluding carboxylic acids is 1. The van der Waals surface area contributed by atoms with Crippen molar-refractivity contribution in [1.29, 1.82) is 0 Å². The number of rotatable bonds is 3. The van der Waals surface area contributed by atoms with E-state index in [1.165, 1.54) is 17.3 Å². The van der Waals surface area contributed by atoms with Crippen LogP contribution < -0.4 is 16.4 Å². The number of hydrogen-bond acceptors (Lipinski definition) is 8. The third-order valence-electron chi connectivity index (χ3n) is 3.09. The third kappa shape index (κ3) is 2.11. The molecule has 1 aliphatic rings. The number of carbonyl (C=O) groups is 1. The van der Waals surface area contributed by atoms with E-state index in [1.54, 1.807) is 4.90 Å². The summed E-state index contributed by atoms with van der Waals surface area (Å²) < 4.78 is 1.37. The van der Waals surface area contributed by atoms with Gasteiger partial charge in [0.2, 0.25) is 17.8 Å². The minimum absolute atomic E-state index is 0.0515. The standard InChI is InChI=1S/C10H13N9O/c11-7(20)6-2-1-3-18(6)9-15-8(12)16-10(17-9)19-5-13-4-14-19/h4-6H,1-3H2,(H2,11,20)(H2,12,15,16,17). The van der Waals surface area contributed by atoms with Crippen molar-refractivity contribution < 1.29 is 4.79 Å². The lowest BCUT2D eigenvalue weighted by Gasteiger charge is -2.22. The van der Waals surface area contributed by atoms with Crippen LogP contribution in [0, 0.1) is 0 Å². The molecule has 0 saturated carbocycles. The smallest absolute Gasteiger partial charge is 0.258 e.